The minimum Gasteiger partial charge on any atom is -0.309 e. The summed E-state index contributed by atoms with van der Waals surface area (Å²) in [5.41, 5.74) is 26.4. The Hall–Kier alpha value is -15.4. The van der Waals surface area contributed by atoms with Crippen LogP contribution in [0.1, 0.15) is 0 Å². The van der Waals surface area contributed by atoms with E-state index >= 15 is 0 Å². The van der Waals surface area contributed by atoms with Crippen molar-refractivity contribution < 1.29 is 0 Å². The van der Waals surface area contributed by atoms with E-state index < -0.39 is 0 Å². The molecular formula is C108H66N8S. The molecule has 25 aromatic rings. The summed E-state index contributed by atoms with van der Waals surface area (Å²) in [4.78, 5) is 21.0. The third-order valence-corrected chi connectivity index (χ3v) is 25.0. The lowest BCUT2D eigenvalue weighted by Crippen LogP contribution is -2.04. The van der Waals surface area contributed by atoms with Crippen molar-refractivity contribution in [2.75, 3.05) is 0 Å². The quantitative estimate of drug-likeness (QED) is 0.121. The number of thiophene rings is 1. The average molecular weight is 1510 g/mol. The molecule has 0 saturated carbocycles. The molecule has 0 atom stereocenters. The van der Waals surface area contributed by atoms with E-state index in [1.807, 2.05) is 35.6 Å². The second kappa shape index (κ2) is 26.6. The molecule has 9 heteroatoms. The molecule has 7 heterocycles. The zero-order valence-corrected chi connectivity index (χ0v) is 63.9. The largest absolute Gasteiger partial charge is 0.309 e. The van der Waals surface area contributed by atoms with Crippen molar-refractivity contribution in [1.29, 1.82) is 0 Å². The van der Waals surface area contributed by atoms with Gasteiger partial charge in [-0.1, -0.05) is 291 Å². The maximum atomic E-state index is 5.25. The SMILES string of the molecule is c1ccc(-c2cc(-c3ccccc3)nc(-n3c4ccccc4c4cc(-c5ccc6c7c5ccc5cccc(c57)n6-c5ccc6sc7ccccc7c6c5)ccc43)n2)cc1.c1ccc(-c2cccc(-n3c4cccc5ccc6c(-c7ccc8c(c7)c7ccccc7n8-c7nc(-c8ccccc8)cc(-c8ccccc8)n7)ccc3c6c54)c2)cc1. The van der Waals surface area contributed by atoms with E-state index in [0.717, 1.165) is 83.6 Å². The summed E-state index contributed by atoms with van der Waals surface area (Å²) < 4.78 is 12.0. The molecule has 0 unspecified atom stereocenters. The molecule has 0 fully saturated rings. The van der Waals surface area contributed by atoms with E-state index in [-0.39, 0.29) is 0 Å². The smallest absolute Gasteiger partial charge is 0.235 e. The van der Waals surface area contributed by atoms with Crippen LogP contribution in [-0.4, -0.2) is 38.2 Å². The van der Waals surface area contributed by atoms with Gasteiger partial charge in [0, 0.05) is 96.9 Å². The summed E-state index contributed by atoms with van der Waals surface area (Å²) in [6.07, 6.45) is 0. The predicted octanol–water partition coefficient (Wildman–Crippen LogP) is 28.6. The standard InChI is InChI=1S/C54H32N4S.C54H34N4/c1-3-12-33(13-4-1)44-32-45(34-14-5-2-6-15-34)56-54(55-44)58-46-19-9-7-17-39(46)42-30-36(23-27-47(42)58)38-26-28-49-53-41(38)25-22-35-16-11-20-48(52(35)53)57(49)37-24-29-51-43(31-37)40-18-8-10-21-50(40)59-51;1-4-14-35(15-5-1)39-21-12-22-41(32-39)57-50-25-13-20-38-26-28-44-42(29-31-51(57)53(44)52(38)50)40-27-30-49-45(33-40)43-23-10-11-24-48(43)58(49)54-55-46(36-16-6-2-7-17-36)34-47(56-54)37-18-8-3-9-19-37/h1-32H;1-34H. The number of hydrogen-bond donors (Lipinski definition) is 0. The third kappa shape index (κ3) is 10.7. The van der Waals surface area contributed by atoms with Crippen LogP contribution >= 0.6 is 11.3 Å². The van der Waals surface area contributed by atoms with Crippen molar-refractivity contribution >= 4 is 140 Å². The van der Waals surface area contributed by atoms with Gasteiger partial charge in [-0.05, 0) is 164 Å². The van der Waals surface area contributed by atoms with E-state index in [1.165, 1.54) is 135 Å². The number of nitrogens with zero attached hydrogens (tertiary/aromatic N) is 8. The van der Waals surface area contributed by atoms with Crippen LogP contribution in [0.25, 0.3) is 231 Å². The second-order valence-corrected chi connectivity index (χ2v) is 31.5. The van der Waals surface area contributed by atoms with Gasteiger partial charge in [-0.2, -0.15) is 0 Å². The van der Waals surface area contributed by atoms with E-state index in [4.69, 9.17) is 19.9 Å². The summed E-state index contributed by atoms with van der Waals surface area (Å²) in [5, 5.41) is 17.5. The van der Waals surface area contributed by atoms with E-state index in [1.54, 1.807) is 0 Å². The lowest BCUT2D eigenvalue weighted by Gasteiger charge is -2.12. The van der Waals surface area contributed by atoms with Crippen LogP contribution in [0.5, 0.6) is 0 Å². The fourth-order valence-corrected chi connectivity index (χ4v) is 19.6. The first kappa shape index (κ1) is 66.2. The zero-order chi connectivity index (χ0) is 76.8. The fourth-order valence-electron chi connectivity index (χ4n) is 18.6. The highest BCUT2D eigenvalue weighted by Crippen LogP contribution is 2.48. The Morgan fingerprint density at radius 3 is 1.03 bits per heavy atom. The topological polar surface area (TPSA) is 71.3 Å². The molecule has 0 N–H and O–H groups in total. The lowest BCUT2D eigenvalue weighted by molar-refractivity contribution is 0.995. The van der Waals surface area contributed by atoms with Gasteiger partial charge in [-0.25, -0.2) is 19.9 Å². The van der Waals surface area contributed by atoms with Gasteiger partial charge in [0.05, 0.1) is 66.9 Å². The Balaban J connectivity index is 0.000000134. The summed E-state index contributed by atoms with van der Waals surface area (Å²) in [5.74, 6) is 1.30. The van der Waals surface area contributed by atoms with Gasteiger partial charge in [0.15, 0.2) is 0 Å². The molecule has 0 aliphatic carbocycles. The molecule has 544 valence electrons. The monoisotopic (exact) mass is 1510 g/mol. The van der Waals surface area contributed by atoms with Crippen LogP contribution in [0, 0.1) is 0 Å². The highest BCUT2D eigenvalue weighted by molar-refractivity contribution is 7.25. The Morgan fingerprint density at radius 1 is 0.179 bits per heavy atom. The Bertz CT molecular complexity index is 8130. The first-order valence-corrected chi connectivity index (χ1v) is 40.6. The van der Waals surface area contributed by atoms with Crippen molar-refractivity contribution in [3.63, 3.8) is 0 Å². The number of para-hydroxylation sites is 2. The van der Waals surface area contributed by atoms with Crippen molar-refractivity contribution in [2.24, 2.45) is 0 Å². The molecular weight excluding hydrogens is 1440 g/mol. The molecule has 0 spiro atoms. The van der Waals surface area contributed by atoms with Gasteiger partial charge < -0.3 is 9.13 Å². The van der Waals surface area contributed by atoms with Crippen LogP contribution in [0.4, 0.5) is 0 Å². The molecule has 18 aromatic carbocycles. The first-order chi connectivity index (χ1) is 58.0. The number of benzene rings is 18. The van der Waals surface area contributed by atoms with Crippen LogP contribution in [-0.2, 0) is 0 Å². The minimum absolute atomic E-state index is 0.648. The van der Waals surface area contributed by atoms with Crippen LogP contribution < -0.4 is 0 Å². The van der Waals surface area contributed by atoms with Gasteiger partial charge in [0.25, 0.3) is 0 Å². The lowest BCUT2D eigenvalue weighted by atomic mass is 9.94. The van der Waals surface area contributed by atoms with E-state index in [9.17, 15) is 0 Å². The first-order valence-electron chi connectivity index (χ1n) is 39.7. The molecule has 7 aromatic heterocycles. The number of aromatic nitrogens is 8. The normalized spacial score (nSPS) is 11.9. The van der Waals surface area contributed by atoms with Crippen LogP contribution in [0.15, 0.2) is 400 Å². The third-order valence-electron chi connectivity index (χ3n) is 23.8. The molecule has 8 nitrogen and oxygen atoms in total. The summed E-state index contributed by atoms with van der Waals surface area (Å²) in [6.45, 7) is 0. The molecule has 25 rings (SSSR count). The summed E-state index contributed by atoms with van der Waals surface area (Å²) in [7, 11) is 0. The zero-order valence-electron chi connectivity index (χ0n) is 63.1. The Kier molecular flexibility index (Phi) is 15.1. The molecule has 0 bridgehead atoms. The highest BCUT2D eigenvalue weighted by atomic mass is 32.1. The highest BCUT2D eigenvalue weighted by Gasteiger charge is 2.26. The molecule has 117 heavy (non-hydrogen) atoms. The fraction of sp³-hybridized carbons (Fsp3) is 0. The Morgan fingerprint density at radius 2 is 0.547 bits per heavy atom. The van der Waals surface area contributed by atoms with Gasteiger partial charge in [0.1, 0.15) is 0 Å². The van der Waals surface area contributed by atoms with E-state index in [2.05, 4.69) is 394 Å². The molecule has 0 radical (unpaired) electrons. The van der Waals surface area contributed by atoms with Gasteiger partial charge in [-0.3, -0.25) is 9.13 Å². The summed E-state index contributed by atoms with van der Waals surface area (Å²) in [6, 6.07) is 144. The van der Waals surface area contributed by atoms with Crippen LogP contribution in [0.3, 0.4) is 0 Å². The molecule has 0 aliphatic rings. The maximum absolute atomic E-state index is 5.25. The summed E-state index contributed by atoms with van der Waals surface area (Å²) >= 11 is 1.86. The number of rotatable bonds is 11. The molecule has 0 amide bonds. The van der Waals surface area contributed by atoms with Crippen molar-refractivity contribution in [3.05, 3.63) is 400 Å². The maximum Gasteiger partial charge on any atom is 0.235 e. The van der Waals surface area contributed by atoms with Crippen molar-refractivity contribution in [1.82, 2.24) is 38.2 Å². The van der Waals surface area contributed by atoms with Crippen LogP contribution in [0.2, 0.25) is 0 Å². The molecule has 0 saturated heterocycles. The number of hydrogen-bond acceptors (Lipinski definition) is 5. The van der Waals surface area contributed by atoms with Gasteiger partial charge in [-0.15, -0.1) is 11.3 Å². The second-order valence-electron chi connectivity index (χ2n) is 30.4. The van der Waals surface area contributed by atoms with Crippen molar-refractivity contribution in [2.45, 2.75) is 0 Å². The average Bonchev–Trinajstić information content (AvgIpc) is 1.56. The number of fused-ring (bicyclic) bond motifs is 9. The molecule has 0 aliphatic heterocycles. The van der Waals surface area contributed by atoms with Gasteiger partial charge in [0.2, 0.25) is 11.9 Å². The minimum atomic E-state index is 0.648. The van der Waals surface area contributed by atoms with Gasteiger partial charge >= 0.3 is 0 Å². The van der Waals surface area contributed by atoms with Crippen molar-refractivity contribution in [3.8, 4) is 102 Å². The predicted molar refractivity (Wildman–Crippen MR) is 490 cm³/mol. The Labute approximate surface area is 675 Å². The van der Waals surface area contributed by atoms with E-state index in [0.29, 0.717) is 11.9 Å².